The van der Waals surface area contributed by atoms with E-state index >= 15 is 0 Å². The number of methoxy groups -OCH3 is 1. The third-order valence-electron chi connectivity index (χ3n) is 6.12. The first kappa shape index (κ1) is 23.0. The van der Waals surface area contributed by atoms with Crippen molar-refractivity contribution >= 4 is 32.5 Å². The fraction of sp³-hybridized carbons (Fsp3) is 0.240. The number of sulfone groups is 1. The van der Waals surface area contributed by atoms with E-state index in [1.165, 1.54) is 12.1 Å². The molecule has 1 amide bonds. The first-order valence-electron chi connectivity index (χ1n) is 11.1. The van der Waals surface area contributed by atoms with Crippen molar-refractivity contribution < 1.29 is 22.3 Å². The number of fused-ring (bicyclic) bond motifs is 1. The number of aryl methyl sites for hydroxylation is 1. The topological polar surface area (TPSA) is 103 Å². The van der Waals surface area contributed by atoms with E-state index in [2.05, 4.69) is 10.4 Å². The number of nitrogens with one attached hydrogen (secondary N) is 1. The molecule has 180 valence electrons. The number of aromatic nitrogens is 3. The van der Waals surface area contributed by atoms with Crippen molar-refractivity contribution in [2.75, 3.05) is 23.9 Å². The molecule has 5 rings (SSSR count). The van der Waals surface area contributed by atoms with Gasteiger partial charge in [0, 0.05) is 11.3 Å². The van der Waals surface area contributed by atoms with Crippen LogP contribution in [0.15, 0.2) is 54.6 Å². The van der Waals surface area contributed by atoms with Crippen molar-refractivity contribution in [2.24, 2.45) is 0 Å². The summed E-state index contributed by atoms with van der Waals surface area (Å²) in [4.78, 5) is 18.2. The summed E-state index contributed by atoms with van der Waals surface area (Å²) in [6.45, 7) is 1.77. The van der Waals surface area contributed by atoms with Crippen molar-refractivity contribution in [1.82, 2.24) is 14.8 Å². The Balaban J connectivity index is 1.64. The third-order valence-corrected chi connectivity index (χ3v) is 7.87. The van der Waals surface area contributed by atoms with Gasteiger partial charge in [-0.25, -0.2) is 22.5 Å². The number of rotatable bonds is 5. The summed E-state index contributed by atoms with van der Waals surface area (Å²) in [5, 5.41) is 8.03. The number of carbonyl (C=O) groups excluding carboxylic acids is 1. The molecule has 1 fully saturated rings. The Labute approximate surface area is 201 Å². The average molecular weight is 495 g/mol. The lowest BCUT2D eigenvalue weighted by atomic mass is 10.0. The SMILES string of the molecule is COc1ccc(NC(=O)c2cc(-c3ccc(F)cc3)nc3c2c(C)nn3[C@@H]2CCS(=O)(=O)C2)cc1. The first-order chi connectivity index (χ1) is 16.7. The fourth-order valence-electron chi connectivity index (χ4n) is 4.36. The lowest BCUT2D eigenvalue weighted by molar-refractivity contribution is 0.102. The van der Waals surface area contributed by atoms with E-state index in [1.807, 2.05) is 0 Å². The van der Waals surface area contributed by atoms with Crippen molar-refractivity contribution in [2.45, 2.75) is 19.4 Å². The van der Waals surface area contributed by atoms with Gasteiger partial charge in [0.1, 0.15) is 11.6 Å². The van der Waals surface area contributed by atoms with Crippen LogP contribution >= 0.6 is 0 Å². The maximum absolute atomic E-state index is 13.5. The van der Waals surface area contributed by atoms with E-state index in [9.17, 15) is 17.6 Å². The second kappa shape index (κ2) is 8.77. The summed E-state index contributed by atoms with van der Waals surface area (Å²) in [6.07, 6.45) is 0.425. The predicted octanol–water partition coefficient (Wildman–Crippen LogP) is 4.17. The van der Waals surface area contributed by atoms with E-state index in [0.717, 1.165) is 0 Å². The molecule has 0 radical (unpaired) electrons. The Kier molecular flexibility index (Phi) is 5.76. The molecule has 1 aliphatic heterocycles. The van der Waals surface area contributed by atoms with Gasteiger partial charge in [-0.05, 0) is 67.9 Å². The number of hydrogen-bond acceptors (Lipinski definition) is 6. The molecule has 1 aliphatic rings. The summed E-state index contributed by atoms with van der Waals surface area (Å²) >= 11 is 0. The molecule has 0 aliphatic carbocycles. The minimum Gasteiger partial charge on any atom is -0.497 e. The van der Waals surface area contributed by atoms with Crippen LogP contribution in [0.4, 0.5) is 10.1 Å². The van der Waals surface area contributed by atoms with E-state index < -0.39 is 9.84 Å². The number of ether oxygens (including phenoxy) is 1. The van der Waals surface area contributed by atoms with Crippen LogP contribution in [0.3, 0.4) is 0 Å². The zero-order chi connectivity index (χ0) is 24.7. The van der Waals surface area contributed by atoms with Crippen LogP contribution in [-0.2, 0) is 9.84 Å². The standard InChI is InChI=1S/C25H23FN4O4S/c1-15-23-21(25(31)27-18-7-9-20(34-2)10-8-18)13-22(16-3-5-17(26)6-4-16)28-24(23)30(29-15)19-11-12-35(32,33)14-19/h3-10,13,19H,11-12,14H2,1-2H3,(H,27,31)/t19-/m1/s1. The zero-order valence-corrected chi connectivity index (χ0v) is 20.0. The highest BCUT2D eigenvalue weighted by Crippen LogP contribution is 2.32. The monoisotopic (exact) mass is 494 g/mol. The Bertz CT molecular complexity index is 1530. The third kappa shape index (κ3) is 4.49. The second-order valence-corrected chi connectivity index (χ2v) is 10.8. The molecule has 1 N–H and O–H groups in total. The molecule has 0 saturated carbocycles. The maximum atomic E-state index is 13.5. The minimum absolute atomic E-state index is 0.0287. The Morgan fingerprint density at radius 3 is 2.49 bits per heavy atom. The number of benzene rings is 2. The molecule has 4 aromatic rings. The van der Waals surface area contributed by atoms with Gasteiger partial charge >= 0.3 is 0 Å². The smallest absolute Gasteiger partial charge is 0.256 e. The predicted molar refractivity (Wildman–Crippen MR) is 131 cm³/mol. The van der Waals surface area contributed by atoms with Crippen molar-refractivity contribution in [3.63, 3.8) is 0 Å². The number of hydrogen-bond donors (Lipinski definition) is 1. The molecule has 10 heteroatoms. The van der Waals surface area contributed by atoms with Gasteiger partial charge in [0.25, 0.3) is 5.91 Å². The van der Waals surface area contributed by atoms with Crippen LogP contribution in [0.5, 0.6) is 5.75 Å². The number of halogens is 1. The molecule has 2 aromatic carbocycles. The number of amides is 1. The summed E-state index contributed by atoms with van der Waals surface area (Å²) in [6, 6.07) is 14.0. The fourth-order valence-corrected chi connectivity index (χ4v) is 6.05. The van der Waals surface area contributed by atoms with Gasteiger partial charge in [-0.3, -0.25) is 4.79 Å². The summed E-state index contributed by atoms with van der Waals surface area (Å²) in [5.74, 6) is -0.0342. The van der Waals surface area contributed by atoms with Gasteiger partial charge in [0.15, 0.2) is 15.5 Å². The molecular formula is C25H23FN4O4S. The maximum Gasteiger partial charge on any atom is 0.256 e. The van der Waals surface area contributed by atoms with Crippen molar-refractivity contribution in [3.8, 4) is 17.0 Å². The lowest BCUT2D eigenvalue weighted by Crippen LogP contribution is -2.15. The highest BCUT2D eigenvalue weighted by molar-refractivity contribution is 7.91. The summed E-state index contributed by atoms with van der Waals surface area (Å²) in [7, 11) is -1.60. The Hall–Kier alpha value is -3.79. The van der Waals surface area contributed by atoms with Gasteiger partial charge in [-0.2, -0.15) is 5.10 Å². The van der Waals surface area contributed by atoms with Crippen LogP contribution in [0.25, 0.3) is 22.3 Å². The number of anilines is 1. The van der Waals surface area contributed by atoms with Gasteiger partial charge in [0.05, 0.1) is 47.0 Å². The van der Waals surface area contributed by atoms with Gasteiger partial charge in [-0.15, -0.1) is 0 Å². The molecule has 0 unspecified atom stereocenters. The quantitative estimate of drug-likeness (QED) is 0.447. The van der Waals surface area contributed by atoms with Crippen LogP contribution in [0.1, 0.15) is 28.5 Å². The average Bonchev–Trinajstić information content (AvgIpc) is 3.38. The number of nitrogens with zero attached hydrogens (tertiary/aromatic N) is 3. The van der Waals surface area contributed by atoms with E-state index in [-0.39, 0.29) is 29.3 Å². The summed E-state index contributed by atoms with van der Waals surface area (Å²) < 4.78 is 44.6. The number of carbonyl (C=O) groups is 1. The molecular weight excluding hydrogens is 471 g/mol. The largest absolute Gasteiger partial charge is 0.497 e. The zero-order valence-electron chi connectivity index (χ0n) is 19.2. The molecule has 2 aromatic heterocycles. The summed E-state index contributed by atoms with van der Waals surface area (Å²) in [5.41, 5.74) is 3.00. The van der Waals surface area contributed by atoms with E-state index in [0.29, 0.717) is 51.4 Å². The van der Waals surface area contributed by atoms with Gasteiger partial charge in [-0.1, -0.05) is 0 Å². The normalized spacial score (nSPS) is 16.9. The first-order valence-corrected chi connectivity index (χ1v) is 12.9. The molecule has 8 nitrogen and oxygen atoms in total. The molecule has 35 heavy (non-hydrogen) atoms. The molecule has 1 saturated heterocycles. The molecule has 1 atom stereocenters. The van der Waals surface area contributed by atoms with Crippen LogP contribution in [-0.4, -0.2) is 47.7 Å². The number of pyridine rings is 1. The van der Waals surface area contributed by atoms with Crippen LogP contribution in [0, 0.1) is 12.7 Å². The van der Waals surface area contributed by atoms with Gasteiger partial charge < -0.3 is 10.1 Å². The highest BCUT2D eigenvalue weighted by atomic mass is 32.2. The van der Waals surface area contributed by atoms with Crippen molar-refractivity contribution in [3.05, 3.63) is 71.7 Å². The van der Waals surface area contributed by atoms with Gasteiger partial charge in [0.2, 0.25) is 0 Å². The molecule has 0 bridgehead atoms. The highest BCUT2D eigenvalue weighted by Gasteiger charge is 2.32. The van der Waals surface area contributed by atoms with Crippen molar-refractivity contribution in [1.29, 1.82) is 0 Å². The van der Waals surface area contributed by atoms with Crippen LogP contribution in [0.2, 0.25) is 0 Å². The lowest BCUT2D eigenvalue weighted by Gasteiger charge is -2.12. The Morgan fingerprint density at radius 2 is 1.86 bits per heavy atom. The Morgan fingerprint density at radius 1 is 1.14 bits per heavy atom. The second-order valence-electron chi connectivity index (χ2n) is 8.53. The van der Waals surface area contributed by atoms with E-state index in [4.69, 9.17) is 9.72 Å². The minimum atomic E-state index is -3.16. The van der Waals surface area contributed by atoms with Crippen LogP contribution < -0.4 is 10.1 Å². The molecule has 0 spiro atoms. The van der Waals surface area contributed by atoms with E-state index in [1.54, 1.807) is 61.2 Å². The molecule has 3 heterocycles.